The zero-order valence-corrected chi connectivity index (χ0v) is 9.42. The van der Waals surface area contributed by atoms with Crippen molar-refractivity contribution >= 4 is 0 Å². The summed E-state index contributed by atoms with van der Waals surface area (Å²) in [5.41, 5.74) is 9.27. The van der Waals surface area contributed by atoms with Crippen LogP contribution in [-0.4, -0.2) is 7.11 Å². The van der Waals surface area contributed by atoms with Crippen molar-refractivity contribution in [3.05, 3.63) is 28.8 Å². The van der Waals surface area contributed by atoms with Crippen molar-refractivity contribution in [2.24, 2.45) is 5.73 Å². The highest BCUT2D eigenvalue weighted by atomic mass is 16.5. The number of nitrogens with two attached hydrogens (primary N) is 1. The number of benzene rings is 1. The fourth-order valence-corrected chi connectivity index (χ4v) is 1.65. The Hall–Kier alpha value is -1.02. The monoisotopic (exact) mass is 193 g/mol. The Bertz CT molecular complexity index is 318. The minimum absolute atomic E-state index is 0.532. The summed E-state index contributed by atoms with van der Waals surface area (Å²) in [6.07, 6.45) is 0. The minimum atomic E-state index is 0.532. The molecule has 1 aromatic rings. The van der Waals surface area contributed by atoms with Crippen LogP contribution in [0.1, 0.15) is 36.5 Å². The second kappa shape index (κ2) is 4.47. The second-order valence-electron chi connectivity index (χ2n) is 3.89. The Morgan fingerprint density at radius 1 is 1.36 bits per heavy atom. The van der Waals surface area contributed by atoms with E-state index < -0.39 is 0 Å². The van der Waals surface area contributed by atoms with E-state index in [1.54, 1.807) is 7.11 Å². The van der Waals surface area contributed by atoms with Crippen LogP contribution < -0.4 is 10.5 Å². The van der Waals surface area contributed by atoms with E-state index in [2.05, 4.69) is 32.9 Å². The molecule has 0 aromatic heterocycles. The van der Waals surface area contributed by atoms with E-state index >= 15 is 0 Å². The van der Waals surface area contributed by atoms with Crippen LogP contribution in [0, 0.1) is 6.92 Å². The highest BCUT2D eigenvalue weighted by Gasteiger charge is 2.09. The summed E-state index contributed by atoms with van der Waals surface area (Å²) >= 11 is 0. The van der Waals surface area contributed by atoms with Crippen LogP contribution in [0.4, 0.5) is 0 Å². The Balaban J connectivity index is 3.24. The van der Waals surface area contributed by atoms with Gasteiger partial charge in [-0.2, -0.15) is 0 Å². The number of hydrogen-bond donors (Lipinski definition) is 1. The van der Waals surface area contributed by atoms with Gasteiger partial charge in [0, 0.05) is 12.1 Å². The lowest BCUT2D eigenvalue weighted by atomic mass is 9.97. The molecule has 0 aliphatic carbocycles. The van der Waals surface area contributed by atoms with Crippen molar-refractivity contribution < 1.29 is 4.74 Å². The summed E-state index contributed by atoms with van der Waals surface area (Å²) in [5, 5.41) is 0. The minimum Gasteiger partial charge on any atom is -0.496 e. The summed E-state index contributed by atoms with van der Waals surface area (Å²) in [5.74, 6) is 1.46. The van der Waals surface area contributed by atoms with Crippen molar-refractivity contribution in [2.75, 3.05) is 7.11 Å². The Labute approximate surface area is 86.1 Å². The molecule has 0 aliphatic rings. The largest absolute Gasteiger partial charge is 0.496 e. The zero-order valence-electron chi connectivity index (χ0n) is 9.42. The summed E-state index contributed by atoms with van der Waals surface area (Å²) in [6.45, 7) is 6.96. The number of aryl methyl sites for hydroxylation is 1. The molecule has 0 unspecified atom stereocenters. The Morgan fingerprint density at radius 3 is 2.43 bits per heavy atom. The van der Waals surface area contributed by atoms with Gasteiger partial charge in [-0.1, -0.05) is 26.0 Å². The molecule has 1 rings (SSSR count). The molecule has 0 fully saturated rings. The van der Waals surface area contributed by atoms with Crippen LogP contribution in [-0.2, 0) is 6.54 Å². The summed E-state index contributed by atoms with van der Waals surface area (Å²) in [6, 6.07) is 4.30. The number of rotatable bonds is 3. The maximum absolute atomic E-state index is 5.68. The van der Waals surface area contributed by atoms with Gasteiger partial charge in [0.25, 0.3) is 0 Å². The van der Waals surface area contributed by atoms with Crippen LogP contribution in [0.25, 0.3) is 0 Å². The fraction of sp³-hybridized carbons (Fsp3) is 0.500. The van der Waals surface area contributed by atoms with Crippen molar-refractivity contribution in [1.29, 1.82) is 0 Å². The number of methoxy groups -OCH3 is 1. The van der Waals surface area contributed by atoms with Gasteiger partial charge in [-0.15, -0.1) is 0 Å². The molecule has 0 saturated carbocycles. The van der Waals surface area contributed by atoms with Crippen molar-refractivity contribution in [3.63, 3.8) is 0 Å². The van der Waals surface area contributed by atoms with Crippen LogP contribution >= 0.6 is 0 Å². The molecule has 0 atom stereocenters. The number of hydrogen-bond acceptors (Lipinski definition) is 2. The first-order valence-corrected chi connectivity index (χ1v) is 4.97. The van der Waals surface area contributed by atoms with Gasteiger partial charge < -0.3 is 10.5 Å². The maximum Gasteiger partial charge on any atom is 0.126 e. The lowest BCUT2D eigenvalue weighted by Gasteiger charge is -2.14. The molecule has 2 N–H and O–H groups in total. The van der Waals surface area contributed by atoms with Crippen LogP contribution in [0.15, 0.2) is 12.1 Å². The fourth-order valence-electron chi connectivity index (χ4n) is 1.65. The standard InChI is InChI=1S/C12H19NO/c1-8(2)10-5-9(3)12(14-4)11(6-10)7-13/h5-6,8H,7,13H2,1-4H3. The average molecular weight is 193 g/mol. The van der Waals surface area contributed by atoms with Gasteiger partial charge >= 0.3 is 0 Å². The predicted octanol–water partition coefficient (Wildman–Crippen LogP) is 2.59. The molecule has 0 bridgehead atoms. The van der Waals surface area contributed by atoms with Gasteiger partial charge in [0.15, 0.2) is 0 Å². The molecule has 0 spiro atoms. The quantitative estimate of drug-likeness (QED) is 0.800. The zero-order chi connectivity index (χ0) is 10.7. The van der Waals surface area contributed by atoms with Gasteiger partial charge in [0.1, 0.15) is 5.75 Å². The third-order valence-corrected chi connectivity index (χ3v) is 2.46. The van der Waals surface area contributed by atoms with Crippen molar-refractivity contribution in [1.82, 2.24) is 0 Å². The Kier molecular flexibility index (Phi) is 3.53. The van der Waals surface area contributed by atoms with E-state index in [4.69, 9.17) is 10.5 Å². The molecule has 0 saturated heterocycles. The molecule has 14 heavy (non-hydrogen) atoms. The summed E-state index contributed by atoms with van der Waals surface area (Å²) < 4.78 is 5.32. The van der Waals surface area contributed by atoms with Gasteiger partial charge in [0.2, 0.25) is 0 Å². The first-order valence-electron chi connectivity index (χ1n) is 4.97. The highest BCUT2D eigenvalue weighted by Crippen LogP contribution is 2.27. The highest BCUT2D eigenvalue weighted by molar-refractivity contribution is 5.44. The van der Waals surface area contributed by atoms with Gasteiger partial charge in [-0.05, 0) is 24.0 Å². The van der Waals surface area contributed by atoms with E-state index in [1.165, 1.54) is 11.1 Å². The van der Waals surface area contributed by atoms with E-state index in [0.717, 1.165) is 11.3 Å². The van der Waals surface area contributed by atoms with Crippen LogP contribution in [0.5, 0.6) is 5.75 Å². The second-order valence-corrected chi connectivity index (χ2v) is 3.89. The lowest BCUT2D eigenvalue weighted by molar-refractivity contribution is 0.406. The SMILES string of the molecule is COc1c(C)cc(C(C)C)cc1CN. The van der Waals surface area contributed by atoms with Gasteiger partial charge in [0.05, 0.1) is 7.11 Å². The van der Waals surface area contributed by atoms with E-state index in [9.17, 15) is 0 Å². The predicted molar refractivity (Wildman–Crippen MR) is 59.7 cm³/mol. The van der Waals surface area contributed by atoms with Gasteiger partial charge in [-0.3, -0.25) is 0 Å². The van der Waals surface area contributed by atoms with E-state index in [1.807, 2.05) is 0 Å². The van der Waals surface area contributed by atoms with E-state index in [0.29, 0.717) is 12.5 Å². The third kappa shape index (κ3) is 2.07. The topological polar surface area (TPSA) is 35.2 Å². The molecule has 2 heteroatoms. The number of ether oxygens (including phenoxy) is 1. The van der Waals surface area contributed by atoms with Crippen LogP contribution in [0.3, 0.4) is 0 Å². The molecule has 2 nitrogen and oxygen atoms in total. The first kappa shape index (κ1) is 11.1. The molecule has 0 aliphatic heterocycles. The summed E-state index contributed by atoms with van der Waals surface area (Å²) in [4.78, 5) is 0. The third-order valence-electron chi connectivity index (χ3n) is 2.46. The van der Waals surface area contributed by atoms with Crippen molar-refractivity contribution in [3.8, 4) is 5.75 Å². The smallest absolute Gasteiger partial charge is 0.126 e. The lowest BCUT2D eigenvalue weighted by Crippen LogP contribution is -2.03. The average Bonchev–Trinajstić information content (AvgIpc) is 2.16. The van der Waals surface area contributed by atoms with E-state index in [-0.39, 0.29) is 0 Å². The molecule has 1 aromatic carbocycles. The molecule has 0 radical (unpaired) electrons. The molecule has 0 heterocycles. The Morgan fingerprint density at radius 2 is 2.00 bits per heavy atom. The van der Waals surface area contributed by atoms with Gasteiger partial charge in [-0.25, -0.2) is 0 Å². The summed E-state index contributed by atoms with van der Waals surface area (Å²) in [7, 11) is 1.69. The first-order chi connectivity index (χ1) is 6.60. The van der Waals surface area contributed by atoms with Crippen LogP contribution in [0.2, 0.25) is 0 Å². The maximum atomic E-state index is 5.68. The van der Waals surface area contributed by atoms with Crippen molar-refractivity contribution in [2.45, 2.75) is 33.2 Å². The molecule has 0 amide bonds. The molecular formula is C12H19NO. The normalized spacial score (nSPS) is 10.7. The molecular weight excluding hydrogens is 174 g/mol. The molecule has 78 valence electrons.